The van der Waals surface area contributed by atoms with Crippen LogP contribution in [-0.4, -0.2) is 22.2 Å². The zero-order valence-corrected chi connectivity index (χ0v) is 15.6. The van der Waals surface area contributed by atoms with Crippen molar-refractivity contribution in [2.45, 2.75) is 51.4 Å². The van der Waals surface area contributed by atoms with E-state index in [-0.39, 0.29) is 17.5 Å². The molecule has 0 bridgehead atoms. The Morgan fingerprint density at radius 3 is 2.14 bits per heavy atom. The average Bonchev–Trinajstić information content (AvgIpc) is 2.97. The number of hydrogen-bond donors (Lipinski definition) is 0. The molecule has 0 radical (unpaired) electrons. The van der Waals surface area contributed by atoms with Crippen molar-refractivity contribution in [2.75, 3.05) is 10.7 Å². The molecule has 2 nitrogen and oxygen atoms in total. The van der Waals surface area contributed by atoms with Crippen LogP contribution in [0, 0.1) is 5.92 Å². The highest BCUT2D eigenvalue weighted by Gasteiger charge is 2.26. The average molecular weight is 420 g/mol. The smallest absolute Gasteiger partial charge is 0.159 e. The van der Waals surface area contributed by atoms with E-state index in [0.29, 0.717) is 18.4 Å². The molecule has 4 heteroatoms. The summed E-state index contributed by atoms with van der Waals surface area (Å²) in [5, 5.41) is 1.98. The van der Waals surface area contributed by atoms with Crippen molar-refractivity contribution in [1.29, 1.82) is 0 Å². The molecule has 0 aromatic heterocycles. The topological polar surface area (TPSA) is 34.1 Å². The van der Waals surface area contributed by atoms with Crippen LogP contribution in [0.1, 0.15) is 51.4 Å². The van der Waals surface area contributed by atoms with E-state index in [1.165, 1.54) is 0 Å². The van der Waals surface area contributed by atoms with Gasteiger partial charge in [0.1, 0.15) is 5.78 Å². The fraction of sp³-hybridized carbons (Fsp3) is 0.647. The third-order valence-electron chi connectivity index (χ3n) is 3.68. The zero-order chi connectivity index (χ0) is 15.5. The van der Waals surface area contributed by atoms with Gasteiger partial charge in [0, 0.05) is 29.1 Å². The molecule has 118 valence electrons. The lowest BCUT2D eigenvalue weighted by molar-refractivity contribution is -0.123. The molecule has 0 aliphatic heterocycles. The molecule has 21 heavy (non-hydrogen) atoms. The first-order valence-electron chi connectivity index (χ1n) is 7.77. The van der Waals surface area contributed by atoms with Crippen molar-refractivity contribution in [3.05, 3.63) is 23.8 Å². The second kappa shape index (κ2) is 11.4. The van der Waals surface area contributed by atoms with Crippen LogP contribution < -0.4 is 0 Å². The molecular weight excluding hydrogens is 396 g/mol. The fourth-order valence-electron chi connectivity index (χ4n) is 2.45. The van der Waals surface area contributed by atoms with Gasteiger partial charge in [0.25, 0.3) is 0 Å². The molecule has 1 rings (SSSR count). The fourth-order valence-corrected chi connectivity index (χ4v) is 3.24. The van der Waals surface area contributed by atoms with Gasteiger partial charge < -0.3 is 0 Å². The predicted molar refractivity (Wildman–Crippen MR) is 95.3 cm³/mol. The number of rotatable bonds is 12. The van der Waals surface area contributed by atoms with Crippen molar-refractivity contribution in [2.24, 2.45) is 5.92 Å². The van der Waals surface area contributed by atoms with Gasteiger partial charge in [0.15, 0.2) is 5.78 Å². The SMILES string of the molecule is O=C(CCCCCBr)C1=CC=CC1C(=O)CCCCCBr. The predicted octanol–water partition coefficient (Wildman–Crippen LogP) is 5.15. The van der Waals surface area contributed by atoms with Crippen molar-refractivity contribution in [3.8, 4) is 0 Å². The molecule has 0 N–H and O–H groups in total. The summed E-state index contributed by atoms with van der Waals surface area (Å²) in [6, 6.07) is 0. The van der Waals surface area contributed by atoms with Crippen molar-refractivity contribution >= 4 is 43.4 Å². The van der Waals surface area contributed by atoms with E-state index >= 15 is 0 Å². The van der Waals surface area contributed by atoms with E-state index in [1.54, 1.807) is 0 Å². The van der Waals surface area contributed by atoms with E-state index in [2.05, 4.69) is 31.9 Å². The third kappa shape index (κ3) is 7.05. The Kier molecular flexibility index (Phi) is 10.2. The van der Waals surface area contributed by atoms with Gasteiger partial charge in [-0.1, -0.05) is 62.9 Å². The molecule has 0 saturated carbocycles. The van der Waals surface area contributed by atoms with Gasteiger partial charge in [0.05, 0.1) is 5.92 Å². The lowest BCUT2D eigenvalue weighted by Crippen LogP contribution is -2.18. The van der Waals surface area contributed by atoms with Crippen molar-refractivity contribution in [1.82, 2.24) is 0 Å². The third-order valence-corrected chi connectivity index (χ3v) is 4.80. The quantitative estimate of drug-likeness (QED) is 0.324. The van der Waals surface area contributed by atoms with Gasteiger partial charge >= 0.3 is 0 Å². The van der Waals surface area contributed by atoms with E-state index in [1.807, 2.05) is 18.2 Å². The highest BCUT2D eigenvalue weighted by Crippen LogP contribution is 2.25. The Morgan fingerprint density at radius 1 is 0.905 bits per heavy atom. The second-order valence-corrected chi connectivity index (χ2v) is 6.96. The molecule has 1 aliphatic carbocycles. The number of unbranched alkanes of at least 4 members (excludes halogenated alkanes) is 4. The maximum absolute atomic E-state index is 12.2. The van der Waals surface area contributed by atoms with Crippen LogP contribution in [0.5, 0.6) is 0 Å². The molecule has 0 fully saturated rings. The van der Waals surface area contributed by atoms with E-state index in [9.17, 15) is 9.59 Å². The maximum Gasteiger partial charge on any atom is 0.159 e. The molecule has 0 spiro atoms. The highest BCUT2D eigenvalue weighted by atomic mass is 79.9. The minimum atomic E-state index is -0.280. The number of carbonyl (C=O) groups is 2. The first-order valence-corrected chi connectivity index (χ1v) is 10.0. The van der Waals surface area contributed by atoms with Crippen LogP contribution >= 0.6 is 31.9 Å². The van der Waals surface area contributed by atoms with Crippen molar-refractivity contribution < 1.29 is 9.59 Å². The van der Waals surface area contributed by atoms with E-state index in [0.717, 1.165) is 49.2 Å². The van der Waals surface area contributed by atoms with Gasteiger partial charge in [-0.15, -0.1) is 0 Å². The van der Waals surface area contributed by atoms with Crippen LogP contribution in [0.2, 0.25) is 0 Å². The van der Waals surface area contributed by atoms with E-state index < -0.39 is 0 Å². The maximum atomic E-state index is 12.2. The molecule has 1 atom stereocenters. The van der Waals surface area contributed by atoms with Gasteiger partial charge in [-0.05, 0) is 25.7 Å². The summed E-state index contributed by atoms with van der Waals surface area (Å²) in [6.45, 7) is 0. The Hall–Kier alpha value is -0.220. The van der Waals surface area contributed by atoms with Crippen LogP contribution in [0.15, 0.2) is 23.8 Å². The largest absolute Gasteiger partial charge is 0.299 e. The number of ketones is 2. The number of Topliss-reactive ketones (excluding diaryl/α,β-unsaturated/α-hetero) is 2. The van der Waals surface area contributed by atoms with Gasteiger partial charge in [-0.2, -0.15) is 0 Å². The van der Waals surface area contributed by atoms with Crippen molar-refractivity contribution in [3.63, 3.8) is 0 Å². The van der Waals surface area contributed by atoms with E-state index in [4.69, 9.17) is 0 Å². The molecule has 0 saturated heterocycles. The molecule has 0 aromatic rings. The summed E-state index contributed by atoms with van der Waals surface area (Å²) in [6.07, 6.45) is 12.8. The number of halogens is 2. The first-order chi connectivity index (χ1) is 10.2. The number of carbonyl (C=O) groups excluding carboxylic acids is 2. The first kappa shape index (κ1) is 18.8. The summed E-state index contributed by atoms with van der Waals surface area (Å²) in [5.41, 5.74) is 0.708. The van der Waals surface area contributed by atoms with Crippen LogP contribution in [-0.2, 0) is 9.59 Å². The Labute approximate surface area is 144 Å². The van der Waals surface area contributed by atoms with Gasteiger partial charge in [0.2, 0.25) is 0 Å². The number of hydrogen-bond acceptors (Lipinski definition) is 2. The second-order valence-electron chi connectivity index (χ2n) is 5.37. The molecule has 1 unspecified atom stereocenters. The summed E-state index contributed by atoms with van der Waals surface area (Å²) >= 11 is 6.79. The van der Waals surface area contributed by atoms with Crippen LogP contribution in [0.3, 0.4) is 0 Å². The van der Waals surface area contributed by atoms with Gasteiger partial charge in [-0.25, -0.2) is 0 Å². The standard InChI is InChI=1S/C17H24Br2O2/c18-12-5-1-3-10-16(20)14-8-7-9-15(14)17(21)11-4-2-6-13-19/h7-9,14H,1-6,10-13H2. The summed E-state index contributed by atoms with van der Waals surface area (Å²) in [5.74, 6) is 0.0596. The van der Waals surface area contributed by atoms with Crippen LogP contribution in [0.25, 0.3) is 0 Å². The normalized spacial score (nSPS) is 17.0. The highest BCUT2D eigenvalue weighted by molar-refractivity contribution is 9.09. The molecule has 0 amide bonds. The van der Waals surface area contributed by atoms with Gasteiger partial charge in [-0.3, -0.25) is 9.59 Å². The molecule has 0 heterocycles. The molecule has 1 aliphatic rings. The lowest BCUT2D eigenvalue weighted by Gasteiger charge is -2.12. The lowest BCUT2D eigenvalue weighted by atomic mass is 9.90. The monoisotopic (exact) mass is 418 g/mol. The number of allylic oxidation sites excluding steroid dienone is 4. The molecule has 0 aromatic carbocycles. The summed E-state index contributed by atoms with van der Waals surface area (Å²) in [7, 11) is 0. The zero-order valence-electron chi connectivity index (χ0n) is 12.5. The Balaban J connectivity index is 2.37. The van der Waals surface area contributed by atoms with Crippen LogP contribution in [0.4, 0.5) is 0 Å². The Bertz CT molecular complexity index is 400. The number of alkyl halides is 2. The summed E-state index contributed by atoms with van der Waals surface area (Å²) < 4.78 is 0. The molecular formula is C17H24Br2O2. The Morgan fingerprint density at radius 2 is 1.52 bits per heavy atom. The minimum Gasteiger partial charge on any atom is -0.299 e. The minimum absolute atomic E-state index is 0.147. The summed E-state index contributed by atoms with van der Waals surface area (Å²) in [4.78, 5) is 24.5.